The van der Waals surface area contributed by atoms with Crippen molar-refractivity contribution in [3.63, 3.8) is 0 Å². The fraction of sp³-hybridized carbons (Fsp3) is 0.469. The molecule has 2 bridgehead atoms. The summed E-state index contributed by atoms with van der Waals surface area (Å²) in [5, 5.41) is 15.6. The van der Waals surface area contributed by atoms with Gasteiger partial charge in [0.05, 0.1) is 11.2 Å². The number of nitrogens with one attached hydrogen (secondary N) is 1. The van der Waals surface area contributed by atoms with Crippen LogP contribution in [0.2, 0.25) is 0 Å². The van der Waals surface area contributed by atoms with Crippen molar-refractivity contribution >= 4 is 27.5 Å². The number of halogens is 2. The van der Waals surface area contributed by atoms with E-state index >= 15 is 4.39 Å². The van der Waals surface area contributed by atoms with Crippen LogP contribution in [0.4, 0.5) is 14.6 Å². The zero-order valence-corrected chi connectivity index (χ0v) is 24.0. The van der Waals surface area contributed by atoms with Gasteiger partial charge < -0.3 is 24.6 Å². The van der Waals surface area contributed by atoms with Crippen molar-refractivity contribution in [1.29, 1.82) is 0 Å². The molecule has 4 saturated heterocycles. The number of phenols is 1. The molecule has 6 heterocycles. The SMILES string of the molecule is Cn1c(-c2cc(O)cc3ccccc23)c(F)c2nc(OC[C@@]34CCCN3C[C@H](F)C4)nc(N3CC4CCC(C3)N4)c2c1=O. The number of aromatic hydroxyl groups is 1. The Morgan fingerprint density at radius 1 is 1.14 bits per heavy atom. The number of piperazine rings is 1. The second-order valence-corrected chi connectivity index (χ2v) is 12.7. The first-order valence-corrected chi connectivity index (χ1v) is 15.1. The number of hydrogen-bond donors (Lipinski definition) is 2. The topological polar surface area (TPSA) is 95.8 Å². The standard InChI is InChI=1S/C32H34F2N6O3/c1-38-28(24-12-22(41)11-18-5-2-3-6-23(18)24)26(34)27-25(30(38)42)29(39-15-20-7-8-21(16-39)35-20)37-31(36-27)43-17-32-9-4-10-40(32)14-19(33)13-32/h2-3,5-6,11-12,19-21,35,41H,4,7-10,13-17H2,1H3/t19-,20?,21?,32+/m1/s1. The summed E-state index contributed by atoms with van der Waals surface area (Å²) >= 11 is 0. The number of hydrogen-bond acceptors (Lipinski definition) is 8. The third kappa shape index (κ3) is 4.27. The lowest BCUT2D eigenvalue weighted by molar-refractivity contribution is 0.107. The molecule has 224 valence electrons. The van der Waals surface area contributed by atoms with Gasteiger partial charge in [-0.05, 0) is 55.1 Å². The van der Waals surface area contributed by atoms with Gasteiger partial charge in [0, 0.05) is 50.7 Å². The zero-order chi connectivity index (χ0) is 29.5. The number of anilines is 1. The fourth-order valence-corrected chi connectivity index (χ4v) is 8.01. The maximum atomic E-state index is 16.9. The van der Waals surface area contributed by atoms with Crippen molar-refractivity contribution in [2.24, 2.45) is 7.05 Å². The highest BCUT2D eigenvalue weighted by atomic mass is 19.1. The van der Waals surface area contributed by atoms with Crippen LogP contribution in [0.15, 0.2) is 41.2 Å². The van der Waals surface area contributed by atoms with Gasteiger partial charge in [0.2, 0.25) is 0 Å². The fourth-order valence-electron chi connectivity index (χ4n) is 8.01. The van der Waals surface area contributed by atoms with E-state index in [9.17, 15) is 14.3 Å². The quantitative estimate of drug-likeness (QED) is 0.363. The maximum absolute atomic E-state index is 16.9. The molecule has 9 nitrogen and oxygen atoms in total. The van der Waals surface area contributed by atoms with Gasteiger partial charge in [0.25, 0.3) is 5.56 Å². The minimum atomic E-state index is -0.909. The predicted octanol–water partition coefficient (Wildman–Crippen LogP) is 3.89. The summed E-state index contributed by atoms with van der Waals surface area (Å²) < 4.78 is 38.8. The van der Waals surface area contributed by atoms with Gasteiger partial charge in [0.15, 0.2) is 5.82 Å². The van der Waals surface area contributed by atoms with E-state index in [1.807, 2.05) is 29.2 Å². The number of fused-ring (bicyclic) bond motifs is 5. The molecule has 2 aromatic heterocycles. The minimum absolute atomic E-state index is 0.0178. The highest BCUT2D eigenvalue weighted by Gasteiger charge is 2.49. The first kappa shape index (κ1) is 26.8. The van der Waals surface area contributed by atoms with Crippen molar-refractivity contribution in [3.8, 4) is 23.0 Å². The van der Waals surface area contributed by atoms with Crippen molar-refractivity contribution < 1.29 is 18.6 Å². The Hall–Kier alpha value is -3.83. The van der Waals surface area contributed by atoms with Gasteiger partial charge in [-0.1, -0.05) is 24.3 Å². The van der Waals surface area contributed by atoms with E-state index in [0.717, 1.165) is 37.6 Å². The molecule has 2 N–H and O–H groups in total. The molecule has 0 radical (unpaired) electrons. The molecule has 4 aliphatic rings. The number of pyridine rings is 1. The van der Waals surface area contributed by atoms with E-state index in [1.54, 1.807) is 6.07 Å². The van der Waals surface area contributed by atoms with E-state index in [4.69, 9.17) is 9.72 Å². The van der Waals surface area contributed by atoms with Gasteiger partial charge in [-0.3, -0.25) is 9.69 Å². The Morgan fingerprint density at radius 2 is 1.93 bits per heavy atom. The normalized spacial score (nSPS) is 27.0. The summed E-state index contributed by atoms with van der Waals surface area (Å²) in [5.74, 6) is -0.363. The molecule has 0 amide bonds. The van der Waals surface area contributed by atoms with E-state index < -0.39 is 23.1 Å². The second kappa shape index (κ2) is 9.85. The molecular weight excluding hydrogens is 554 g/mol. The molecular formula is C32H34F2N6O3. The van der Waals surface area contributed by atoms with Gasteiger partial charge in [-0.15, -0.1) is 0 Å². The first-order chi connectivity index (χ1) is 20.8. The Balaban J connectivity index is 1.31. The van der Waals surface area contributed by atoms with E-state index in [1.165, 1.54) is 17.7 Å². The average molecular weight is 589 g/mol. The van der Waals surface area contributed by atoms with Crippen LogP contribution in [-0.4, -0.2) is 81.1 Å². The van der Waals surface area contributed by atoms with E-state index in [2.05, 4.69) is 15.2 Å². The zero-order valence-electron chi connectivity index (χ0n) is 24.0. The predicted molar refractivity (Wildman–Crippen MR) is 160 cm³/mol. The van der Waals surface area contributed by atoms with Gasteiger partial charge >= 0.3 is 6.01 Å². The highest BCUT2D eigenvalue weighted by molar-refractivity contribution is 6.00. The van der Waals surface area contributed by atoms with Crippen molar-refractivity contribution in [2.75, 3.05) is 37.7 Å². The van der Waals surface area contributed by atoms with E-state index in [0.29, 0.717) is 42.8 Å². The lowest BCUT2D eigenvalue weighted by Crippen LogP contribution is -2.51. The minimum Gasteiger partial charge on any atom is -0.508 e. The molecule has 4 aromatic rings. The van der Waals surface area contributed by atoms with Crippen LogP contribution < -0.4 is 20.5 Å². The van der Waals surface area contributed by atoms with E-state index in [-0.39, 0.29) is 47.0 Å². The average Bonchev–Trinajstić information content (AvgIpc) is 3.64. The molecule has 43 heavy (non-hydrogen) atoms. The van der Waals surface area contributed by atoms with Crippen molar-refractivity contribution in [2.45, 2.75) is 55.9 Å². The number of nitrogens with zero attached hydrogens (tertiary/aromatic N) is 5. The largest absolute Gasteiger partial charge is 0.508 e. The van der Waals surface area contributed by atoms with Crippen LogP contribution in [-0.2, 0) is 7.05 Å². The van der Waals surface area contributed by atoms with Crippen LogP contribution in [0.1, 0.15) is 32.1 Å². The number of phenolic OH excluding ortho intramolecular Hbond substituents is 1. The summed E-state index contributed by atoms with van der Waals surface area (Å²) in [6.45, 7) is 2.67. The summed E-state index contributed by atoms with van der Waals surface area (Å²) in [6, 6.07) is 10.9. The molecule has 11 heteroatoms. The molecule has 4 atom stereocenters. The molecule has 0 aliphatic carbocycles. The number of benzene rings is 2. The van der Waals surface area contributed by atoms with Crippen LogP contribution in [0.25, 0.3) is 32.9 Å². The lowest BCUT2D eigenvalue weighted by atomic mass is 9.95. The van der Waals surface area contributed by atoms with Crippen LogP contribution in [0.5, 0.6) is 11.8 Å². The highest BCUT2D eigenvalue weighted by Crippen LogP contribution is 2.41. The molecule has 2 unspecified atom stereocenters. The van der Waals surface area contributed by atoms with Crippen LogP contribution in [0, 0.1) is 5.82 Å². The summed E-state index contributed by atoms with van der Waals surface area (Å²) in [6.07, 6.45) is 3.31. The van der Waals surface area contributed by atoms with Crippen molar-refractivity contribution in [1.82, 2.24) is 24.8 Å². The molecule has 4 fully saturated rings. The van der Waals surface area contributed by atoms with Gasteiger partial charge in [-0.25, -0.2) is 8.78 Å². The number of alkyl halides is 1. The third-order valence-corrected chi connectivity index (χ3v) is 9.99. The van der Waals surface area contributed by atoms with Crippen molar-refractivity contribution in [3.05, 3.63) is 52.6 Å². The molecule has 4 aliphatic heterocycles. The molecule has 8 rings (SSSR count). The summed E-state index contributed by atoms with van der Waals surface area (Å²) in [7, 11) is 1.54. The molecule has 2 aromatic carbocycles. The number of aromatic nitrogens is 3. The lowest BCUT2D eigenvalue weighted by Gasteiger charge is -2.34. The Morgan fingerprint density at radius 3 is 2.74 bits per heavy atom. The smallest absolute Gasteiger partial charge is 0.319 e. The Labute approximate surface area is 247 Å². The molecule has 0 spiro atoms. The summed E-state index contributed by atoms with van der Waals surface area (Å²) in [4.78, 5) is 27.6. The summed E-state index contributed by atoms with van der Waals surface area (Å²) in [5.41, 5.74) is -0.562. The monoisotopic (exact) mass is 588 g/mol. The Bertz CT molecular complexity index is 1820. The number of rotatable bonds is 5. The Kier molecular flexibility index (Phi) is 6.13. The third-order valence-electron chi connectivity index (χ3n) is 9.99. The van der Waals surface area contributed by atoms with Gasteiger partial charge in [-0.2, -0.15) is 9.97 Å². The number of ether oxygens (including phenoxy) is 1. The molecule has 0 saturated carbocycles. The first-order valence-electron chi connectivity index (χ1n) is 15.1. The van der Waals surface area contributed by atoms with Gasteiger partial charge in [0.1, 0.15) is 35.2 Å². The maximum Gasteiger partial charge on any atom is 0.319 e. The van der Waals surface area contributed by atoms with Crippen LogP contribution >= 0.6 is 0 Å². The van der Waals surface area contributed by atoms with Crippen LogP contribution in [0.3, 0.4) is 0 Å². The second-order valence-electron chi connectivity index (χ2n) is 12.7.